The average Bonchev–Trinajstić information content (AvgIpc) is 2.82. The highest BCUT2D eigenvalue weighted by atomic mass is 16.5. The predicted octanol–water partition coefficient (Wildman–Crippen LogP) is 4.03. The van der Waals surface area contributed by atoms with E-state index in [1.165, 1.54) is 0 Å². The van der Waals surface area contributed by atoms with E-state index in [1.807, 2.05) is 49.3 Å². The number of nitrogens with two attached hydrogens (primary N) is 1. The molecule has 0 saturated heterocycles. The van der Waals surface area contributed by atoms with Crippen molar-refractivity contribution in [3.8, 4) is 39.6 Å². The molecule has 2 aromatic heterocycles. The van der Waals surface area contributed by atoms with Gasteiger partial charge in [0.05, 0.1) is 27.0 Å². The molecule has 4 aromatic rings. The lowest BCUT2D eigenvalue weighted by molar-refractivity contribution is 0.324. The van der Waals surface area contributed by atoms with Crippen molar-refractivity contribution in [2.24, 2.45) is 0 Å². The van der Waals surface area contributed by atoms with Gasteiger partial charge in [-0.15, -0.1) is 0 Å². The Hall–Kier alpha value is -4.07. The van der Waals surface area contributed by atoms with Crippen molar-refractivity contribution in [1.82, 2.24) is 15.0 Å². The minimum atomic E-state index is 0.168. The highest BCUT2D eigenvalue weighted by Gasteiger charge is 2.18. The van der Waals surface area contributed by atoms with Crippen LogP contribution in [0.2, 0.25) is 0 Å². The van der Waals surface area contributed by atoms with E-state index in [9.17, 15) is 0 Å². The van der Waals surface area contributed by atoms with Gasteiger partial charge in [0.25, 0.3) is 0 Å². The normalized spacial score (nSPS) is 10.8. The number of methoxy groups -OCH3 is 3. The van der Waals surface area contributed by atoms with Gasteiger partial charge >= 0.3 is 0 Å². The summed E-state index contributed by atoms with van der Waals surface area (Å²) >= 11 is 0. The van der Waals surface area contributed by atoms with Gasteiger partial charge < -0.3 is 24.8 Å². The first kappa shape index (κ1) is 21.2. The van der Waals surface area contributed by atoms with E-state index in [4.69, 9.17) is 24.9 Å². The molecule has 0 amide bonds. The number of pyridine rings is 1. The third-order valence-corrected chi connectivity index (χ3v) is 5.24. The highest BCUT2D eigenvalue weighted by Crippen LogP contribution is 2.43. The summed E-state index contributed by atoms with van der Waals surface area (Å²) in [5, 5.41) is 0.766. The molecule has 0 aliphatic rings. The number of aromatic nitrogens is 3. The number of nitrogen functional groups attached to an aromatic ring is 1. The molecule has 0 radical (unpaired) electrons. The van der Waals surface area contributed by atoms with Crippen molar-refractivity contribution in [3.05, 3.63) is 48.7 Å². The number of hydrogen-bond acceptors (Lipinski definition) is 8. The molecule has 0 aliphatic heterocycles. The van der Waals surface area contributed by atoms with Crippen LogP contribution in [-0.2, 0) is 0 Å². The van der Waals surface area contributed by atoms with Gasteiger partial charge in [-0.1, -0.05) is 12.1 Å². The van der Waals surface area contributed by atoms with Crippen LogP contribution in [0.25, 0.3) is 33.4 Å². The second kappa shape index (κ2) is 8.58. The average molecular weight is 431 g/mol. The zero-order chi connectivity index (χ0) is 22.8. The van der Waals surface area contributed by atoms with Crippen LogP contribution in [0.5, 0.6) is 17.2 Å². The number of nitrogens with zero attached hydrogens (tertiary/aromatic N) is 4. The molecule has 0 saturated carbocycles. The quantitative estimate of drug-likeness (QED) is 0.489. The summed E-state index contributed by atoms with van der Waals surface area (Å²) in [5.74, 6) is 1.80. The van der Waals surface area contributed by atoms with Crippen molar-refractivity contribution >= 4 is 22.7 Å². The van der Waals surface area contributed by atoms with E-state index < -0.39 is 0 Å². The Kier molecular flexibility index (Phi) is 5.68. The summed E-state index contributed by atoms with van der Waals surface area (Å²) in [5.41, 5.74) is 10.9. The molecule has 8 nitrogen and oxygen atoms in total. The van der Waals surface area contributed by atoms with Gasteiger partial charge in [-0.25, -0.2) is 9.97 Å². The fourth-order valence-corrected chi connectivity index (χ4v) is 3.58. The van der Waals surface area contributed by atoms with Gasteiger partial charge in [0.2, 0.25) is 11.7 Å². The maximum absolute atomic E-state index is 5.86. The Bertz CT molecular complexity index is 1250. The van der Waals surface area contributed by atoms with Crippen LogP contribution in [0.1, 0.15) is 0 Å². The first-order valence-corrected chi connectivity index (χ1v) is 9.96. The molecule has 2 aromatic carbocycles. The minimum absolute atomic E-state index is 0.168. The van der Waals surface area contributed by atoms with Gasteiger partial charge in [-0.05, 0) is 41.5 Å². The van der Waals surface area contributed by atoms with Crippen LogP contribution in [0.15, 0.2) is 48.7 Å². The Morgan fingerprint density at radius 3 is 2.03 bits per heavy atom. The van der Waals surface area contributed by atoms with Crippen LogP contribution in [0, 0.1) is 0 Å². The predicted molar refractivity (Wildman–Crippen MR) is 127 cm³/mol. The monoisotopic (exact) mass is 431 g/mol. The molecule has 2 N–H and O–H groups in total. The summed E-state index contributed by atoms with van der Waals surface area (Å²) in [7, 11) is 8.77. The van der Waals surface area contributed by atoms with Crippen molar-refractivity contribution in [2.75, 3.05) is 46.1 Å². The zero-order valence-electron chi connectivity index (χ0n) is 18.7. The van der Waals surface area contributed by atoms with E-state index in [-0.39, 0.29) is 5.95 Å². The summed E-state index contributed by atoms with van der Waals surface area (Å²) in [4.78, 5) is 15.4. The standard InChI is InChI=1S/C24H25N5O3/c1-29(2)16-8-6-14(7-9-16)19-12-17(18-13-26-24(25)28-23(18)27-19)15-10-20(30-3)22(32-5)21(11-15)31-4/h6-13H,1-5H3,(H2,25,26,27,28). The number of ether oxygens (including phenoxy) is 3. The first-order chi connectivity index (χ1) is 15.4. The van der Waals surface area contributed by atoms with Crippen LogP contribution in [0.4, 0.5) is 11.6 Å². The number of benzene rings is 2. The molecule has 2 heterocycles. The largest absolute Gasteiger partial charge is 0.493 e. The maximum atomic E-state index is 5.86. The maximum Gasteiger partial charge on any atom is 0.222 e. The molecular formula is C24H25N5O3. The number of anilines is 2. The Morgan fingerprint density at radius 2 is 1.47 bits per heavy atom. The third kappa shape index (κ3) is 3.82. The third-order valence-electron chi connectivity index (χ3n) is 5.24. The van der Waals surface area contributed by atoms with Crippen molar-refractivity contribution < 1.29 is 14.2 Å². The fourth-order valence-electron chi connectivity index (χ4n) is 3.58. The molecule has 8 heteroatoms. The number of hydrogen-bond donors (Lipinski definition) is 1. The van der Waals surface area contributed by atoms with E-state index >= 15 is 0 Å². The van der Waals surface area contributed by atoms with Gasteiger partial charge in [0.1, 0.15) is 0 Å². The van der Waals surface area contributed by atoms with E-state index in [0.717, 1.165) is 33.5 Å². The van der Waals surface area contributed by atoms with Crippen molar-refractivity contribution in [2.45, 2.75) is 0 Å². The Morgan fingerprint density at radius 1 is 0.812 bits per heavy atom. The Balaban J connectivity index is 1.97. The lowest BCUT2D eigenvalue weighted by Gasteiger charge is -2.16. The molecule has 0 atom stereocenters. The minimum Gasteiger partial charge on any atom is -0.493 e. The number of rotatable bonds is 6. The molecule has 164 valence electrons. The molecule has 32 heavy (non-hydrogen) atoms. The topological polar surface area (TPSA) is 95.6 Å². The molecule has 0 fully saturated rings. The number of fused-ring (bicyclic) bond motifs is 1. The first-order valence-electron chi connectivity index (χ1n) is 9.96. The van der Waals surface area contributed by atoms with Gasteiger partial charge in [0, 0.05) is 36.9 Å². The molecule has 0 spiro atoms. The second-order valence-corrected chi connectivity index (χ2v) is 7.38. The molecule has 0 unspecified atom stereocenters. The summed E-state index contributed by atoms with van der Waals surface area (Å²) in [6.07, 6.45) is 1.68. The van der Waals surface area contributed by atoms with Gasteiger partial charge in [-0.2, -0.15) is 4.98 Å². The van der Waals surface area contributed by atoms with Crippen molar-refractivity contribution in [3.63, 3.8) is 0 Å². The smallest absolute Gasteiger partial charge is 0.222 e. The Labute approximate surface area is 186 Å². The zero-order valence-corrected chi connectivity index (χ0v) is 18.7. The molecular weight excluding hydrogens is 406 g/mol. The van der Waals surface area contributed by atoms with Gasteiger partial charge in [0.15, 0.2) is 17.1 Å². The highest BCUT2D eigenvalue weighted by molar-refractivity contribution is 5.95. The van der Waals surface area contributed by atoms with Crippen LogP contribution in [-0.4, -0.2) is 50.4 Å². The van der Waals surface area contributed by atoms with Crippen LogP contribution in [0.3, 0.4) is 0 Å². The van der Waals surface area contributed by atoms with E-state index in [1.54, 1.807) is 27.5 Å². The van der Waals surface area contributed by atoms with Crippen molar-refractivity contribution in [1.29, 1.82) is 0 Å². The van der Waals surface area contributed by atoms with Crippen LogP contribution >= 0.6 is 0 Å². The summed E-state index contributed by atoms with van der Waals surface area (Å²) in [6, 6.07) is 14.0. The molecule has 0 aliphatic carbocycles. The lowest BCUT2D eigenvalue weighted by Crippen LogP contribution is -2.08. The molecule has 4 rings (SSSR count). The van der Waals surface area contributed by atoms with Gasteiger partial charge in [-0.3, -0.25) is 0 Å². The van der Waals surface area contributed by atoms with Crippen LogP contribution < -0.4 is 24.8 Å². The summed E-state index contributed by atoms with van der Waals surface area (Å²) < 4.78 is 16.6. The SMILES string of the molecule is COc1cc(-c2cc(-c3ccc(N(C)C)cc3)nc3nc(N)ncc23)cc(OC)c1OC. The molecule has 0 bridgehead atoms. The lowest BCUT2D eigenvalue weighted by atomic mass is 9.99. The fraction of sp³-hybridized carbons (Fsp3) is 0.208. The summed E-state index contributed by atoms with van der Waals surface area (Å²) in [6.45, 7) is 0. The second-order valence-electron chi connectivity index (χ2n) is 7.38. The van der Waals surface area contributed by atoms with E-state index in [0.29, 0.717) is 22.9 Å². The van der Waals surface area contributed by atoms with E-state index in [2.05, 4.69) is 22.1 Å².